The Labute approximate surface area is 168 Å². The van der Waals surface area contributed by atoms with E-state index in [0.29, 0.717) is 30.8 Å². The van der Waals surface area contributed by atoms with Crippen molar-refractivity contribution in [2.45, 2.75) is 24.8 Å². The predicted octanol–water partition coefficient (Wildman–Crippen LogP) is 3.89. The van der Waals surface area contributed by atoms with Gasteiger partial charge in [0, 0.05) is 24.1 Å². The average molecular weight is 469 g/mol. The number of nitrogens with one attached hydrogen (secondary N) is 1. The van der Waals surface area contributed by atoms with Crippen LogP contribution in [-0.2, 0) is 0 Å². The summed E-state index contributed by atoms with van der Waals surface area (Å²) < 4.78 is 24.3. The summed E-state index contributed by atoms with van der Waals surface area (Å²) in [5.41, 5.74) is 7.93. The topological polar surface area (TPSA) is 68.9 Å². The van der Waals surface area contributed by atoms with Gasteiger partial charge in [-0.05, 0) is 36.2 Å². The zero-order chi connectivity index (χ0) is 17.2. The number of halogens is 2. The van der Waals surface area contributed by atoms with E-state index in [4.69, 9.17) is 15.2 Å². The smallest absolute Gasteiger partial charge is 0.193 e. The van der Waals surface area contributed by atoms with Crippen molar-refractivity contribution in [3.8, 4) is 11.5 Å². The van der Waals surface area contributed by atoms with Crippen LogP contribution < -0.4 is 20.5 Å². The zero-order valence-corrected chi connectivity index (χ0v) is 16.5. The second-order valence-corrected chi connectivity index (χ2v) is 6.31. The normalized spacial score (nSPS) is 21.3. The Morgan fingerprint density at radius 2 is 1.81 bits per heavy atom. The lowest BCUT2D eigenvalue weighted by Gasteiger charge is -2.10. The van der Waals surface area contributed by atoms with E-state index in [-0.39, 0.29) is 35.8 Å². The van der Waals surface area contributed by atoms with Crippen LogP contribution in [0.2, 0.25) is 0 Å². The summed E-state index contributed by atoms with van der Waals surface area (Å²) in [7, 11) is 0. The van der Waals surface area contributed by atoms with Gasteiger partial charge in [0.15, 0.2) is 17.5 Å². The van der Waals surface area contributed by atoms with Gasteiger partial charge in [-0.3, -0.25) is 0 Å². The molecule has 1 saturated carbocycles. The highest BCUT2D eigenvalue weighted by Gasteiger charge is 2.38. The summed E-state index contributed by atoms with van der Waals surface area (Å²) in [5, 5.41) is 3.10. The van der Waals surface area contributed by atoms with Crippen LogP contribution in [0.15, 0.2) is 47.5 Å². The van der Waals surface area contributed by atoms with Gasteiger partial charge in [-0.2, -0.15) is 0 Å². The third-order valence-corrected chi connectivity index (χ3v) is 4.38. The molecule has 2 atom stereocenters. The molecular formula is C19H21FIN3O2. The molecule has 2 aromatic carbocycles. The van der Waals surface area contributed by atoms with E-state index < -0.39 is 0 Å². The quantitative estimate of drug-likeness (QED) is 0.407. The number of benzene rings is 2. The lowest BCUT2D eigenvalue weighted by atomic mass is 10.1. The van der Waals surface area contributed by atoms with Gasteiger partial charge in [-0.15, -0.1) is 24.0 Å². The van der Waals surface area contributed by atoms with Crippen LogP contribution in [0.3, 0.4) is 0 Å². The first-order chi connectivity index (χ1) is 12.2. The van der Waals surface area contributed by atoms with Crippen molar-refractivity contribution < 1.29 is 13.9 Å². The van der Waals surface area contributed by atoms with E-state index in [0.717, 1.165) is 29.8 Å². The van der Waals surface area contributed by atoms with Gasteiger partial charge in [-0.1, -0.05) is 12.1 Å². The number of fused-ring (bicyclic) bond motifs is 1. The van der Waals surface area contributed by atoms with E-state index in [9.17, 15) is 4.39 Å². The maximum atomic E-state index is 13.0. The molecule has 1 aliphatic carbocycles. The minimum Gasteiger partial charge on any atom is -0.490 e. The van der Waals surface area contributed by atoms with Crippen LogP contribution in [0.1, 0.15) is 24.3 Å². The minimum absolute atomic E-state index is 0. The summed E-state index contributed by atoms with van der Waals surface area (Å²) in [5.74, 6) is 1.91. The lowest BCUT2D eigenvalue weighted by molar-refractivity contribution is 0.297. The SMILES string of the molecule is I.NC(=N[C@@H]1C[C@H]1c1ccc(F)cc1)Nc1ccc2c(c1)OCCCO2. The molecule has 7 heteroatoms. The molecule has 2 aliphatic rings. The Morgan fingerprint density at radius 3 is 2.58 bits per heavy atom. The molecular weight excluding hydrogens is 448 g/mol. The summed E-state index contributed by atoms with van der Waals surface area (Å²) >= 11 is 0. The predicted molar refractivity (Wildman–Crippen MR) is 110 cm³/mol. The summed E-state index contributed by atoms with van der Waals surface area (Å²) in [6, 6.07) is 12.3. The Balaban J connectivity index is 0.00000196. The molecule has 4 rings (SSSR count). The number of hydrogen-bond acceptors (Lipinski definition) is 3. The number of hydrogen-bond donors (Lipinski definition) is 2. The van der Waals surface area contributed by atoms with Gasteiger partial charge in [0.25, 0.3) is 0 Å². The first kappa shape index (κ1) is 18.8. The maximum absolute atomic E-state index is 13.0. The molecule has 0 aromatic heterocycles. The van der Waals surface area contributed by atoms with Crippen molar-refractivity contribution in [2.24, 2.45) is 10.7 Å². The number of aliphatic imine (C=N–C) groups is 1. The molecule has 0 unspecified atom stereocenters. The minimum atomic E-state index is -0.222. The van der Waals surface area contributed by atoms with Gasteiger partial charge >= 0.3 is 0 Å². The van der Waals surface area contributed by atoms with Gasteiger partial charge in [0.1, 0.15) is 5.82 Å². The first-order valence-corrected chi connectivity index (χ1v) is 8.44. The molecule has 1 fully saturated rings. The number of ether oxygens (including phenoxy) is 2. The van der Waals surface area contributed by atoms with Gasteiger partial charge in [0.05, 0.1) is 19.3 Å². The molecule has 3 N–H and O–H groups in total. The molecule has 0 bridgehead atoms. The molecule has 0 radical (unpaired) electrons. The van der Waals surface area contributed by atoms with E-state index in [1.54, 1.807) is 0 Å². The van der Waals surface area contributed by atoms with Crippen molar-refractivity contribution in [3.63, 3.8) is 0 Å². The Hall–Kier alpha value is -2.03. The summed E-state index contributed by atoms with van der Waals surface area (Å²) in [4.78, 5) is 4.51. The highest BCUT2D eigenvalue weighted by molar-refractivity contribution is 14.0. The highest BCUT2D eigenvalue weighted by atomic mass is 127. The molecule has 5 nitrogen and oxygen atoms in total. The maximum Gasteiger partial charge on any atom is 0.193 e. The third-order valence-electron chi connectivity index (χ3n) is 4.38. The van der Waals surface area contributed by atoms with Crippen molar-refractivity contribution >= 4 is 35.6 Å². The van der Waals surface area contributed by atoms with Crippen LogP contribution in [0.5, 0.6) is 11.5 Å². The number of nitrogens with two attached hydrogens (primary N) is 1. The Morgan fingerprint density at radius 1 is 1.08 bits per heavy atom. The second kappa shape index (κ2) is 8.11. The Bertz CT molecular complexity index is 798. The first-order valence-electron chi connectivity index (χ1n) is 8.44. The van der Waals surface area contributed by atoms with Gasteiger partial charge in [-0.25, -0.2) is 9.38 Å². The van der Waals surface area contributed by atoms with E-state index in [2.05, 4.69) is 10.3 Å². The van der Waals surface area contributed by atoms with Crippen LogP contribution in [0.25, 0.3) is 0 Å². The molecule has 26 heavy (non-hydrogen) atoms. The van der Waals surface area contributed by atoms with Crippen LogP contribution >= 0.6 is 24.0 Å². The number of anilines is 1. The Kier molecular flexibility index (Phi) is 5.85. The number of nitrogens with zero attached hydrogens (tertiary/aromatic N) is 1. The molecule has 0 amide bonds. The van der Waals surface area contributed by atoms with Crippen LogP contribution in [0.4, 0.5) is 10.1 Å². The van der Waals surface area contributed by atoms with E-state index >= 15 is 0 Å². The largest absolute Gasteiger partial charge is 0.490 e. The van der Waals surface area contributed by atoms with Gasteiger partial charge in [0.2, 0.25) is 0 Å². The zero-order valence-electron chi connectivity index (χ0n) is 14.2. The summed E-state index contributed by atoms with van der Waals surface area (Å²) in [6.45, 7) is 1.30. The van der Waals surface area contributed by atoms with Crippen molar-refractivity contribution in [1.29, 1.82) is 0 Å². The average Bonchev–Trinajstić information content (AvgIpc) is 3.38. The van der Waals surface area contributed by atoms with E-state index in [1.165, 1.54) is 12.1 Å². The van der Waals surface area contributed by atoms with Crippen LogP contribution in [-0.4, -0.2) is 25.2 Å². The fourth-order valence-electron chi connectivity index (χ4n) is 2.99. The van der Waals surface area contributed by atoms with Crippen molar-refractivity contribution in [2.75, 3.05) is 18.5 Å². The molecule has 1 aliphatic heterocycles. The number of guanidine groups is 1. The molecule has 0 spiro atoms. The van der Waals surface area contributed by atoms with Crippen molar-refractivity contribution in [1.82, 2.24) is 0 Å². The third kappa shape index (κ3) is 4.38. The summed E-state index contributed by atoms with van der Waals surface area (Å²) in [6.07, 6.45) is 1.79. The highest BCUT2D eigenvalue weighted by Crippen LogP contribution is 2.43. The van der Waals surface area contributed by atoms with Crippen LogP contribution in [0, 0.1) is 5.82 Å². The lowest BCUT2D eigenvalue weighted by Crippen LogP contribution is -2.23. The van der Waals surface area contributed by atoms with Crippen molar-refractivity contribution in [3.05, 3.63) is 53.8 Å². The molecule has 0 saturated heterocycles. The second-order valence-electron chi connectivity index (χ2n) is 6.31. The van der Waals surface area contributed by atoms with E-state index in [1.807, 2.05) is 30.3 Å². The fourth-order valence-corrected chi connectivity index (χ4v) is 2.99. The number of rotatable bonds is 3. The molecule has 1 heterocycles. The monoisotopic (exact) mass is 469 g/mol. The molecule has 138 valence electrons. The fraction of sp³-hybridized carbons (Fsp3) is 0.316. The molecule has 2 aromatic rings. The van der Waals surface area contributed by atoms with Gasteiger partial charge < -0.3 is 20.5 Å². The standard InChI is InChI=1S/C19H20FN3O2.HI/c20-13-4-2-12(3-5-13)15-11-16(15)23-19(21)22-14-6-7-17-18(10-14)25-9-1-8-24-17;/h2-7,10,15-16H,1,8-9,11H2,(H3,21,22,23);1H/t15-,16+;/m0./s1.